The highest BCUT2D eigenvalue weighted by Crippen LogP contribution is 2.43. The molecule has 5 heteroatoms. The molecule has 4 nitrogen and oxygen atoms in total. The lowest BCUT2D eigenvalue weighted by Crippen LogP contribution is -2.37. The predicted octanol–water partition coefficient (Wildman–Crippen LogP) is 3.98. The monoisotopic (exact) mass is 353 g/mol. The van der Waals surface area contributed by atoms with Gasteiger partial charge in [0.05, 0.1) is 11.3 Å². The van der Waals surface area contributed by atoms with Crippen molar-refractivity contribution < 1.29 is 14.3 Å². The number of benzene rings is 2. The molecule has 4 rings (SSSR count). The zero-order valence-corrected chi connectivity index (χ0v) is 14.4. The van der Waals surface area contributed by atoms with E-state index in [2.05, 4.69) is 0 Å². The van der Waals surface area contributed by atoms with Crippen molar-refractivity contribution in [2.45, 2.75) is 19.3 Å². The summed E-state index contributed by atoms with van der Waals surface area (Å²) in [5.41, 5.74) is 3.80. The quantitative estimate of drug-likeness (QED) is 0.767. The molecule has 0 N–H and O–H groups in total. The third-order valence-corrected chi connectivity index (χ3v) is 5.03. The zero-order chi connectivity index (χ0) is 17.6. The Morgan fingerprint density at radius 3 is 2.52 bits per heavy atom. The maximum atomic E-state index is 12.9. The van der Waals surface area contributed by atoms with E-state index in [9.17, 15) is 9.59 Å². The van der Waals surface area contributed by atoms with Crippen molar-refractivity contribution in [3.05, 3.63) is 76.0 Å². The highest BCUT2D eigenvalue weighted by atomic mass is 35.5. The van der Waals surface area contributed by atoms with Gasteiger partial charge in [-0.2, -0.15) is 0 Å². The van der Waals surface area contributed by atoms with Crippen LogP contribution in [0.15, 0.2) is 59.8 Å². The van der Waals surface area contributed by atoms with E-state index in [0.717, 1.165) is 16.8 Å². The van der Waals surface area contributed by atoms with Gasteiger partial charge in [-0.1, -0.05) is 47.5 Å². The summed E-state index contributed by atoms with van der Waals surface area (Å²) in [4.78, 5) is 26.9. The lowest BCUT2D eigenvalue weighted by molar-refractivity contribution is -0.136. The number of carbonyl (C=O) groups excluding carboxylic acids is 2. The van der Waals surface area contributed by atoms with Crippen molar-refractivity contribution in [3.63, 3.8) is 0 Å². The molecule has 2 aliphatic rings. The number of nitrogens with zero attached hydrogens (tertiary/aromatic N) is 1. The van der Waals surface area contributed by atoms with Crippen molar-refractivity contribution in [3.8, 4) is 0 Å². The number of hydrogen-bond acceptors (Lipinski definition) is 3. The molecule has 1 atom stereocenters. The van der Waals surface area contributed by atoms with E-state index in [0.29, 0.717) is 16.3 Å². The lowest BCUT2D eigenvalue weighted by Gasteiger charge is -2.32. The van der Waals surface area contributed by atoms with Crippen LogP contribution in [0.25, 0.3) is 0 Å². The number of anilines is 1. The predicted molar refractivity (Wildman–Crippen MR) is 95.5 cm³/mol. The highest BCUT2D eigenvalue weighted by Gasteiger charge is 2.43. The normalized spacial score (nSPS) is 19.9. The molecule has 0 aliphatic carbocycles. The van der Waals surface area contributed by atoms with Gasteiger partial charge >= 0.3 is 5.97 Å². The second-order valence-corrected chi connectivity index (χ2v) is 6.69. The lowest BCUT2D eigenvalue weighted by atomic mass is 9.84. The average Bonchev–Trinajstić information content (AvgIpc) is 2.98. The van der Waals surface area contributed by atoms with Crippen molar-refractivity contribution in [1.82, 2.24) is 0 Å². The molecular weight excluding hydrogens is 338 g/mol. The fraction of sp³-hybridized carbons (Fsp3) is 0.200. The minimum Gasteiger partial charge on any atom is -0.456 e. The van der Waals surface area contributed by atoms with Crippen molar-refractivity contribution in [2.24, 2.45) is 0 Å². The molecule has 0 aromatic heterocycles. The summed E-state index contributed by atoms with van der Waals surface area (Å²) < 4.78 is 5.27. The van der Waals surface area contributed by atoms with Crippen LogP contribution >= 0.6 is 11.6 Å². The maximum absolute atomic E-state index is 12.9. The minimum atomic E-state index is -0.371. The molecule has 0 saturated heterocycles. The van der Waals surface area contributed by atoms with Gasteiger partial charge in [-0.3, -0.25) is 9.69 Å². The Labute approximate surface area is 150 Å². The van der Waals surface area contributed by atoms with E-state index in [-0.39, 0.29) is 30.8 Å². The van der Waals surface area contributed by atoms with Crippen LogP contribution in [0.1, 0.15) is 23.5 Å². The zero-order valence-electron chi connectivity index (χ0n) is 13.7. The summed E-state index contributed by atoms with van der Waals surface area (Å²) in [6.45, 7) is 2.09. The summed E-state index contributed by atoms with van der Waals surface area (Å²) in [6.07, 6.45) is 0.186. The molecule has 0 saturated carbocycles. The first-order valence-electron chi connectivity index (χ1n) is 8.10. The Morgan fingerprint density at radius 1 is 1.08 bits per heavy atom. The van der Waals surface area contributed by atoms with Crippen LogP contribution in [0.3, 0.4) is 0 Å². The molecule has 1 amide bonds. The number of aryl methyl sites for hydroxylation is 1. The number of carbonyl (C=O) groups is 2. The van der Waals surface area contributed by atoms with Gasteiger partial charge in [-0.05, 0) is 30.7 Å². The molecule has 0 radical (unpaired) electrons. The average molecular weight is 354 g/mol. The second kappa shape index (κ2) is 6.05. The SMILES string of the molecule is Cc1ccc(N2C(=O)C[C@H](c3ccccc3Cl)C3=C2COC3=O)cc1. The highest BCUT2D eigenvalue weighted by molar-refractivity contribution is 6.31. The summed E-state index contributed by atoms with van der Waals surface area (Å²) in [5.74, 6) is -0.803. The number of halogens is 1. The molecular formula is C20H16ClNO3. The van der Waals surface area contributed by atoms with Gasteiger partial charge in [-0.25, -0.2) is 4.79 Å². The molecule has 0 bridgehead atoms. The fourth-order valence-corrected chi connectivity index (χ4v) is 3.74. The van der Waals surface area contributed by atoms with E-state index in [1.165, 1.54) is 0 Å². The number of amides is 1. The van der Waals surface area contributed by atoms with Gasteiger partial charge in [0.1, 0.15) is 6.61 Å². The summed E-state index contributed by atoms with van der Waals surface area (Å²) in [5, 5.41) is 0.552. The Bertz CT molecular complexity index is 901. The van der Waals surface area contributed by atoms with Crippen LogP contribution in [0.5, 0.6) is 0 Å². The first-order valence-corrected chi connectivity index (χ1v) is 8.48. The maximum Gasteiger partial charge on any atom is 0.336 e. The van der Waals surface area contributed by atoms with Gasteiger partial charge in [0, 0.05) is 23.0 Å². The molecule has 2 aromatic carbocycles. The van der Waals surface area contributed by atoms with Crippen LogP contribution in [0, 0.1) is 6.92 Å². The summed E-state index contributed by atoms with van der Waals surface area (Å²) >= 11 is 6.31. The van der Waals surface area contributed by atoms with Gasteiger partial charge < -0.3 is 4.74 Å². The Morgan fingerprint density at radius 2 is 1.80 bits per heavy atom. The molecule has 0 unspecified atom stereocenters. The second-order valence-electron chi connectivity index (χ2n) is 6.28. The topological polar surface area (TPSA) is 46.6 Å². The molecule has 126 valence electrons. The molecule has 0 fully saturated rings. The van der Waals surface area contributed by atoms with E-state index >= 15 is 0 Å². The smallest absolute Gasteiger partial charge is 0.336 e. The molecule has 2 aromatic rings. The number of esters is 1. The van der Waals surface area contributed by atoms with E-state index < -0.39 is 0 Å². The molecule has 2 heterocycles. The number of hydrogen-bond donors (Lipinski definition) is 0. The van der Waals surface area contributed by atoms with E-state index in [1.54, 1.807) is 11.0 Å². The third-order valence-electron chi connectivity index (χ3n) is 4.69. The minimum absolute atomic E-state index is 0.0641. The standard InChI is InChI=1S/C20H16ClNO3/c1-12-6-8-13(9-7-12)22-17-11-25-20(24)19(17)15(10-18(22)23)14-4-2-3-5-16(14)21/h2-9,15H,10-11H2,1H3/t15-/m1/s1. The van der Waals surface area contributed by atoms with E-state index in [1.807, 2.05) is 49.4 Å². The van der Waals surface area contributed by atoms with Gasteiger partial charge in [-0.15, -0.1) is 0 Å². The Kier molecular flexibility index (Phi) is 3.85. The largest absolute Gasteiger partial charge is 0.456 e. The Hall–Kier alpha value is -2.59. The molecule has 0 spiro atoms. The Balaban J connectivity index is 1.85. The first-order chi connectivity index (χ1) is 12.1. The van der Waals surface area contributed by atoms with Gasteiger partial charge in [0.2, 0.25) is 5.91 Å². The fourth-order valence-electron chi connectivity index (χ4n) is 3.47. The van der Waals surface area contributed by atoms with E-state index in [4.69, 9.17) is 16.3 Å². The van der Waals surface area contributed by atoms with Crippen LogP contribution in [0.4, 0.5) is 5.69 Å². The third kappa shape index (κ3) is 2.63. The molecule has 25 heavy (non-hydrogen) atoms. The number of cyclic esters (lactones) is 1. The van der Waals surface area contributed by atoms with Crippen LogP contribution in [-0.2, 0) is 14.3 Å². The molecule has 2 aliphatic heterocycles. The van der Waals surface area contributed by atoms with Crippen molar-refractivity contribution in [2.75, 3.05) is 11.5 Å². The number of ether oxygens (including phenoxy) is 1. The van der Waals surface area contributed by atoms with Gasteiger partial charge in [0.15, 0.2) is 0 Å². The van der Waals surface area contributed by atoms with Crippen molar-refractivity contribution >= 4 is 29.2 Å². The van der Waals surface area contributed by atoms with Crippen LogP contribution < -0.4 is 4.90 Å². The number of rotatable bonds is 2. The summed E-state index contributed by atoms with van der Waals surface area (Å²) in [6, 6.07) is 15.0. The summed E-state index contributed by atoms with van der Waals surface area (Å²) in [7, 11) is 0. The van der Waals surface area contributed by atoms with Crippen LogP contribution in [-0.4, -0.2) is 18.5 Å². The van der Waals surface area contributed by atoms with Gasteiger partial charge in [0.25, 0.3) is 0 Å². The van der Waals surface area contributed by atoms with Crippen molar-refractivity contribution in [1.29, 1.82) is 0 Å². The van der Waals surface area contributed by atoms with Crippen LogP contribution in [0.2, 0.25) is 5.02 Å². The first kappa shape index (κ1) is 15.9.